The number of unbranched alkanes of at least 4 members (excludes halogenated alkanes) is 41. The molecule has 0 amide bonds. The second kappa shape index (κ2) is 55.7. The summed E-state index contributed by atoms with van der Waals surface area (Å²) in [5.41, 5.74) is 0. The fourth-order valence-corrected chi connectivity index (χ4v) is 9.73. The van der Waals surface area contributed by atoms with Crippen LogP contribution in [-0.4, -0.2) is 37.2 Å². The van der Waals surface area contributed by atoms with Crippen molar-refractivity contribution < 1.29 is 28.6 Å². The van der Waals surface area contributed by atoms with Crippen molar-refractivity contribution in [1.82, 2.24) is 0 Å². The van der Waals surface area contributed by atoms with Crippen LogP contribution in [0.25, 0.3) is 0 Å². The maximum Gasteiger partial charge on any atom is 0.306 e. The van der Waals surface area contributed by atoms with E-state index in [9.17, 15) is 14.4 Å². The normalized spacial score (nSPS) is 12.4. The third kappa shape index (κ3) is 55.6. The van der Waals surface area contributed by atoms with E-state index in [1.54, 1.807) is 0 Å². The molecule has 0 spiro atoms. The third-order valence-corrected chi connectivity index (χ3v) is 14.8. The summed E-state index contributed by atoms with van der Waals surface area (Å²) in [5.74, 6) is 0.921. The van der Waals surface area contributed by atoms with Crippen LogP contribution in [-0.2, 0) is 28.6 Å². The zero-order chi connectivity index (χ0) is 50.4. The van der Waals surface area contributed by atoms with Crippen molar-refractivity contribution in [2.45, 2.75) is 362 Å². The lowest BCUT2D eigenvalue weighted by Gasteiger charge is -2.18. The molecular formula is C63H122O6. The summed E-state index contributed by atoms with van der Waals surface area (Å²) in [4.78, 5) is 38.2. The van der Waals surface area contributed by atoms with Gasteiger partial charge in [-0.2, -0.15) is 0 Å². The van der Waals surface area contributed by atoms with Crippen molar-refractivity contribution in [3.05, 3.63) is 0 Å². The minimum Gasteiger partial charge on any atom is -0.462 e. The largest absolute Gasteiger partial charge is 0.462 e. The van der Waals surface area contributed by atoms with Gasteiger partial charge in [-0.15, -0.1) is 0 Å². The SMILES string of the molecule is CCCCCCCCCCCCCCC(=O)O[C@@H](COC(=O)CCCCCCCCCCCCCCCCCCCCC(C)C)COC(=O)CCCCCCCCCCCCCCCCC(C)CC. The summed E-state index contributed by atoms with van der Waals surface area (Å²) in [6, 6.07) is 0. The topological polar surface area (TPSA) is 78.9 Å². The predicted molar refractivity (Wildman–Crippen MR) is 298 cm³/mol. The molecule has 69 heavy (non-hydrogen) atoms. The molecular weight excluding hydrogens is 853 g/mol. The number of esters is 3. The molecule has 0 aliphatic heterocycles. The molecule has 0 rings (SSSR count). The van der Waals surface area contributed by atoms with Gasteiger partial charge in [0, 0.05) is 19.3 Å². The van der Waals surface area contributed by atoms with E-state index in [1.165, 1.54) is 244 Å². The Kier molecular flexibility index (Phi) is 54.4. The Bertz CT molecular complexity index is 1060. The fourth-order valence-electron chi connectivity index (χ4n) is 9.73. The number of rotatable bonds is 57. The van der Waals surface area contributed by atoms with Gasteiger partial charge in [0.05, 0.1) is 0 Å². The van der Waals surface area contributed by atoms with E-state index in [4.69, 9.17) is 14.2 Å². The molecule has 0 saturated carbocycles. The molecule has 410 valence electrons. The van der Waals surface area contributed by atoms with Crippen molar-refractivity contribution in [1.29, 1.82) is 0 Å². The van der Waals surface area contributed by atoms with Crippen molar-refractivity contribution in [2.24, 2.45) is 11.8 Å². The highest BCUT2D eigenvalue weighted by Crippen LogP contribution is 2.19. The molecule has 0 bridgehead atoms. The van der Waals surface area contributed by atoms with Gasteiger partial charge in [0.2, 0.25) is 0 Å². The van der Waals surface area contributed by atoms with Gasteiger partial charge in [0.25, 0.3) is 0 Å². The van der Waals surface area contributed by atoms with E-state index in [2.05, 4.69) is 34.6 Å². The molecule has 0 heterocycles. The number of hydrogen-bond acceptors (Lipinski definition) is 6. The molecule has 0 aromatic carbocycles. The first kappa shape index (κ1) is 67.4. The van der Waals surface area contributed by atoms with Crippen LogP contribution in [0.2, 0.25) is 0 Å². The number of ether oxygens (including phenoxy) is 3. The zero-order valence-corrected chi connectivity index (χ0v) is 47.5. The highest BCUT2D eigenvalue weighted by atomic mass is 16.6. The average molecular weight is 976 g/mol. The standard InChI is InChI=1S/C63H122O6/c1-6-8-9-10-11-12-13-28-35-40-45-50-55-63(66)69-60(57-68-62(65)54-49-44-39-34-30-25-21-20-23-27-32-37-42-47-52-59(5)7-2)56-67-61(64)53-48-43-38-33-29-24-19-17-15-14-16-18-22-26-31-36-41-46-51-58(3)4/h58-60H,6-57H2,1-5H3/t59?,60-/m0/s1. The Labute approximate surface area is 431 Å². The maximum atomic E-state index is 12.8. The fraction of sp³-hybridized carbons (Fsp3) is 0.952. The zero-order valence-electron chi connectivity index (χ0n) is 47.5. The van der Waals surface area contributed by atoms with Crippen molar-refractivity contribution in [3.63, 3.8) is 0 Å². The summed E-state index contributed by atoms with van der Waals surface area (Å²) in [7, 11) is 0. The van der Waals surface area contributed by atoms with Crippen LogP contribution in [0.1, 0.15) is 356 Å². The summed E-state index contributed by atoms with van der Waals surface area (Å²) in [6.45, 7) is 11.5. The summed E-state index contributed by atoms with van der Waals surface area (Å²) >= 11 is 0. The smallest absolute Gasteiger partial charge is 0.306 e. The Balaban J connectivity index is 4.22. The Morgan fingerprint density at radius 2 is 0.551 bits per heavy atom. The predicted octanol–water partition coefficient (Wildman–Crippen LogP) is 20.8. The molecule has 0 N–H and O–H groups in total. The molecule has 0 saturated heterocycles. The lowest BCUT2D eigenvalue weighted by Crippen LogP contribution is -2.30. The van der Waals surface area contributed by atoms with Gasteiger partial charge in [-0.25, -0.2) is 0 Å². The molecule has 1 unspecified atom stereocenters. The Morgan fingerprint density at radius 3 is 0.826 bits per heavy atom. The Morgan fingerprint density at radius 1 is 0.304 bits per heavy atom. The van der Waals surface area contributed by atoms with Gasteiger partial charge in [-0.05, 0) is 31.1 Å². The van der Waals surface area contributed by atoms with Crippen LogP contribution >= 0.6 is 0 Å². The van der Waals surface area contributed by atoms with Crippen molar-refractivity contribution in [2.75, 3.05) is 13.2 Å². The second-order valence-corrected chi connectivity index (χ2v) is 22.4. The third-order valence-electron chi connectivity index (χ3n) is 14.8. The van der Waals surface area contributed by atoms with E-state index in [0.717, 1.165) is 69.6 Å². The number of hydrogen-bond donors (Lipinski definition) is 0. The highest BCUT2D eigenvalue weighted by molar-refractivity contribution is 5.71. The van der Waals surface area contributed by atoms with Crippen LogP contribution < -0.4 is 0 Å². The minimum atomic E-state index is -0.763. The van der Waals surface area contributed by atoms with Gasteiger partial charge in [-0.3, -0.25) is 14.4 Å². The lowest BCUT2D eigenvalue weighted by atomic mass is 9.99. The first-order chi connectivity index (χ1) is 33.8. The van der Waals surface area contributed by atoms with Crippen molar-refractivity contribution in [3.8, 4) is 0 Å². The van der Waals surface area contributed by atoms with E-state index in [1.807, 2.05) is 0 Å². The van der Waals surface area contributed by atoms with Gasteiger partial charge >= 0.3 is 17.9 Å². The summed E-state index contributed by atoms with van der Waals surface area (Å²) in [6.07, 6.45) is 60.9. The maximum absolute atomic E-state index is 12.8. The molecule has 0 fully saturated rings. The molecule has 0 aromatic heterocycles. The van der Waals surface area contributed by atoms with Crippen molar-refractivity contribution >= 4 is 17.9 Å². The first-order valence-corrected chi connectivity index (χ1v) is 31.3. The van der Waals surface area contributed by atoms with Crippen LogP contribution in [0.3, 0.4) is 0 Å². The molecule has 2 atom stereocenters. The van der Waals surface area contributed by atoms with E-state index < -0.39 is 6.10 Å². The van der Waals surface area contributed by atoms with Crippen LogP contribution in [0.5, 0.6) is 0 Å². The second-order valence-electron chi connectivity index (χ2n) is 22.4. The van der Waals surface area contributed by atoms with E-state index in [-0.39, 0.29) is 31.1 Å². The monoisotopic (exact) mass is 975 g/mol. The molecule has 0 aliphatic rings. The molecule has 0 aliphatic carbocycles. The summed E-state index contributed by atoms with van der Waals surface area (Å²) in [5, 5.41) is 0. The Hall–Kier alpha value is -1.59. The summed E-state index contributed by atoms with van der Waals surface area (Å²) < 4.78 is 16.9. The van der Waals surface area contributed by atoms with E-state index in [0.29, 0.717) is 19.3 Å². The van der Waals surface area contributed by atoms with Crippen LogP contribution in [0.4, 0.5) is 0 Å². The number of carbonyl (C=O) groups excluding carboxylic acids is 3. The highest BCUT2D eigenvalue weighted by Gasteiger charge is 2.19. The molecule has 6 nitrogen and oxygen atoms in total. The van der Waals surface area contributed by atoms with Crippen LogP contribution in [0, 0.1) is 11.8 Å². The molecule has 0 aromatic rings. The lowest BCUT2D eigenvalue weighted by molar-refractivity contribution is -0.167. The van der Waals surface area contributed by atoms with E-state index >= 15 is 0 Å². The van der Waals surface area contributed by atoms with Gasteiger partial charge in [0.1, 0.15) is 13.2 Å². The number of carbonyl (C=O) groups is 3. The van der Waals surface area contributed by atoms with Crippen LogP contribution in [0.15, 0.2) is 0 Å². The molecule has 6 heteroatoms. The van der Waals surface area contributed by atoms with Gasteiger partial charge in [-0.1, -0.05) is 317 Å². The first-order valence-electron chi connectivity index (χ1n) is 31.3. The molecule has 0 radical (unpaired) electrons. The quantitative estimate of drug-likeness (QED) is 0.0343. The van der Waals surface area contributed by atoms with Gasteiger partial charge in [0.15, 0.2) is 6.10 Å². The van der Waals surface area contributed by atoms with Gasteiger partial charge < -0.3 is 14.2 Å². The average Bonchev–Trinajstić information content (AvgIpc) is 3.34. The minimum absolute atomic E-state index is 0.0620.